The van der Waals surface area contributed by atoms with Crippen molar-refractivity contribution in [2.24, 2.45) is 0 Å². The number of para-hydroxylation sites is 1. The molecule has 6 rings (SSSR count). The fourth-order valence-electron chi connectivity index (χ4n) is 4.72. The SMILES string of the molecule is Cc1ccccc1NC(=O)c1cc2ccccc2c(CC2=[N+](c3c(C#N)cnn3-c3ccccn3)C2)c1O. The number of aryl methyl sites for hydroxylation is 1. The topological polar surface area (TPSA) is 107 Å². The monoisotopic (exact) mass is 499 g/mol. The molecule has 2 aromatic heterocycles. The van der Waals surface area contributed by atoms with E-state index in [0.29, 0.717) is 41.4 Å². The molecule has 1 aliphatic heterocycles. The first kappa shape index (κ1) is 23.1. The van der Waals surface area contributed by atoms with Gasteiger partial charge in [-0.1, -0.05) is 58.3 Å². The predicted octanol–water partition coefficient (Wildman–Crippen LogP) is 4.90. The molecular formula is C30H23N6O2+. The highest BCUT2D eigenvalue weighted by Gasteiger charge is 2.38. The number of hydrogen-bond donors (Lipinski definition) is 2. The van der Waals surface area contributed by atoms with E-state index in [0.717, 1.165) is 22.0 Å². The number of benzene rings is 3. The molecule has 1 aliphatic rings. The number of rotatable bonds is 6. The molecule has 8 nitrogen and oxygen atoms in total. The molecule has 0 radical (unpaired) electrons. The van der Waals surface area contributed by atoms with E-state index in [9.17, 15) is 15.2 Å². The highest BCUT2D eigenvalue weighted by molar-refractivity contribution is 6.10. The number of anilines is 1. The van der Waals surface area contributed by atoms with E-state index in [1.54, 1.807) is 16.9 Å². The van der Waals surface area contributed by atoms with E-state index in [-0.39, 0.29) is 17.2 Å². The molecule has 0 spiro atoms. The Labute approximate surface area is 218 Å². The van der Waals surface area contributed by atoms with Gasteiger partial charge in [0.15, 0.2) is 5.56 Å². The van der Waals surface area contributed by atoms with Gasteiger partial charge in [-0.15, -0.1) is 0 Å². The van der Waals surface area contributed by atoms with Crippen molar-refractivity contribution < 1.29 is 14.5 Å². The number of phenols is 1. The number of carbonyl (C=O) groups excluding carboxylic acids is 1. The summed E-state index contributed by atoms with van der Waals surface area (Å²) in [6.45, 7) is 2.52. The van der Waals surface area contributed by atoms with Crippen LogP contribution in [0.25, 0.3) is 16.6 Å². The van der Waals surface area contributed by atoms with Crippen LogP contribution in [-0.4, -0.2) is 42.6 Å². The van der Waals surface area contributed by atoms with Crippen molar-refractivity contribution >= 4 is 33.9 Å². The van der Waals surface area contributed by atoms with Gasteiger partial charge >= 0.3 is 5.82 Å². The summed E-state index contributed by atoms with van der Waals surface area (Å²) >= 11 is 0. The van der Waals surface area contributed by atoms with Gasteiger partial charge in [0, 0.05) is 29.9 Å². The Balaban J connectivity index is 1.41. The third-order valence-electron chi connectivity index (χ3n) is 6.75. The zero-order chi connectivity index (χ0) is 26.2. The Hall–Kier alpha value is -5.29. The molecule has 2 N–H and O–H groups in total. The number of fused-ring (bicyclic) bond motifs is 1. The minimum absolute atomic E-state index is 0.0483. The first-order valence-electron chi connectivity index (χ1n) is 12.2. The third kappa shape index (κ3) is 4.06. The molecule has 0 bridgehead atoms. The van der Waals surface area contributed by atoms with Gasteiger partial charge < -0.3 is 10.4 Å². The van der Waals surface area contributed by atoms with Crippen LogP contribution in [0.3, 0.4) is 0 Å². The highest BCUT2D eigenvalue weighted by atomic mass is 16.3. The Kier molecular flexibility index (Phi) is 5.66. The highest BCUT2D eigenvalue weighted by Crippen LogP contribution is 2.35. The number of carbonyl (C=O) groups is 1. The second-order valence-electron chi connectivity index (χ2n) is 9.16. The summed E-state index contributed by atoms with van der Waals surface area (Å²) in [6, 6.07) is 24.7. The zero-order valence-electron chi connectivity index (χ0n) is 20.6. The predicted molar refractivity (Wildman–Crippen MR) is 144 cm³/mol. The maximum atomic E-state index is 13.3. The second-order valence-corrected chi connectivity index (χ2v) is 9.16. The van der Waals surface area contributed by atoms with Crippen LogP contribution in [0.5, 0.6) is 5.75 Å². The van der Waals surface area contributed by atoms with Crippen LogP contribution >= 0.6 is 0 Å². The molecule has 0 fully saturated rings. The lowest BCUT2D eigenvalue weighted by atomic mass is 9.96. The number of amides is 1. The lowest BCUT2D eigenvalue weighted by Gasteiger charge is -2.13. The fourth-order valence-corrected chi connectivity index (χ4v) is 4.72. The minimum Gasteiger partial charge on any atom is -0.507 e. The van der Waals surface area contributed by atoms with Crippen LogP contribution < -0.4 is 5.32 Å². The number of nitriles is 1. The lowest BCUT2D eigenvalue weighted by Crippen LogP contribution is -2.14. The van der Waals surface area contributed by atoms with Crippen LogP contribution in [0.2, 0.25) is 0 Å². The first-order valence-corrected chi connectivity index (χ1v) is 12.2. The average molecular weight is 500 g/mol. The average Bonchev–Trinajstić information content (AvgIpc) is 3.57. The molecule has 38 heavy (non-hydrogen) atoms. The van der Waals surface area contributed by atoms with Gasteiger partial charge in [0.05, 0.1) is 11.8 Å². The molecule has 0 saturated carbocycles. The second kappa shape index (κ2) is 9.30. The molecule has 1 amide bonds. The van der Waals surface area contributed by atoms with E-state index < -0.39 is 0 Å². The van der Waals surface area contributed by atoms with Gasteiger partial charge in [-0.3, -0.25) is 4.79 Å². The van der Waals surface area contributed by atoms with Crippen LogP contribution in [0, 0.1) is 18.3 Å². The Bertz CT molecular complexity index is 1800. The van der Waals surface area contributed by atoms with Crippen LogP contribution in [0.4, 0.5) is 11.5 Å². The molecular weight excluding hydrogens is 476 g/mol. The maximum Gasteiger partial charge on any atom is 0.329 e. The molecule has 184 valence electrons. The molecule has 0 saturated heterocycles. The number of pyridine rings is 1. The van der Waals surface area contributed by atoms with Crippen LogP contribution in [0.15, 0.2) is 85.2 Å². The summed E-state index contributed by atoms with van der Waals surface area (Å²) < 4.78 is 3.64. The van der Waals surface area contributed by atoms with E-state index in [1.165, 1.54) is 6.20 Å². The summed E-state index contributed by atoms with van der Waals surface area (Å²) in [6.07, 6.45) is 3.62. The van der Waals surface area contributed by atoms with Crippen molar-refractivity contribution in [1.29, 1.82) is 5.26 Å². The van der Waals surface area contributed by atoms with Crippen LogP contribution in [0.1, 0.15) is 27.0 Å². The molecule has 3 aromatic carbocycles. The van der Waals surface area contributed by atoms with E-state index in [1.807, 2.05) is 78.2 Å². The zero-order valence-corrected chi connectivity index (χ0v) is 20.6. The molecule has 5 aromatic rings. The Morgan fingerprint density at radius 2 is 1.92 bits per heavy atom. The number of hydrogen-bond acceptors (Lipinski definition) is 5. The number of nitrogens with one attached hydrogen (secondary N) is 1. The van der Waals surface area contributed by atoms with Gasteiger partial charge in [0.1, 0.15) is 24.1 Å². The summed E-state index contributed by atoms with van der Waals surface area (Å²) in [5, 5.41) is 30.1. The minimum atomic E-state index is -0.374. The van der Waals surface area contributed by atoms with Crippen LogP contribution in [-0.2, 0) is 6.42 Å². The maximum absolute atomic E-state index is 13.3. The molecule has 0 atom stereocenters. The quantitative estimate of drug-likeness (QED) is 0.323. The van der Waals surface area contributed by atoms with E-state index >= 15 is 0 Å². The standard InChI is InChI=1S/C30H22N6O2/c1-19-8-2-5-11-26(19)34-29(38)25-14-20-9-3-4-10-23(20)24(28(25)37)15-22-18-35(22)30-21(16-31)17-33-36(30)27-12-6-7-13-32-27/h2-14,17H,15,18H2,1H3,(H-,34,37,38)/p+1. The lowest BCUT2D eigenvalue weighted by molar-refractivity contribution is -0.350. The Morgan fingerprint density at radius 1 is 1.13 bits per heavy atom. The van der Waals surface area contributed by atoms with Crippen molar-refractivity contribution in [3.8, 4) is 17.6 Å². The summed E-state index contributed by atoms with van der Waals surface area (Å²) in [4.78, 5) is 17.7. The molecule has 0 aliphatic carbocycles. The normalized spacial score (nSPS) is 12.4. The first-order chi connectivity index (χ1) is 18.5. The smallest absolute Gasteiger partial charge is 0.329 e. The molecule has 0 unspecified atom stereocenters. The summed E-state index contributed by atoms with van der Waals surface area (Å²) in [5.41, 5.74) is 3.94. The van der Waals surface area contributed by atoms with Crippen molar-refractivity contribution in [1.82, 2.24) is 14.8 Å². The van der Waals surface area contributed by atoms with Gasteiger partial charge in [-0.05, 0) is 41.5 Å². The number of phenolic OH excluding ortho intramolecular Hbond substituents is 1. The molecule has 3 heterocycles. The summed E-state index contributed by atoms with van der Waals surface area (Å²) in [7, 11) is 0. The third-order valence-corrected chi connectivity index (χ3v) is 6.75. The fraction of sp³-hybridized carbons (Fsp3) is 0.100. The summed E-state index contributed by atoms with van der Waals surface area (Å²) in [5.74, 6) is 0.825. The van der Waals surface area contributed by atoms with Gasteiger partial charge in [0.2, 0.25) is 5.82 Å². The van der Waals surface area contributed by atoms with Crippen molar-refractivity contribution in [3.63, 3.8) is 0 Å². The van der Waals surface area contributed by atoms with Gasteiger partial charge in [-0.2, -0.15) is 5.26 Å². The van der Waals surface area contributed by atoms with Crippen molar-refractivity contribution in [3.05, 3.63) is 107 Å². The van der Waals surface area contributed by atoms with Gasteiger partial charge in [-0.25, -0.2) is 9.56 Å². The largest absolute Gasteiger partial charge is 0.507 e. The van der Waals surface area contributed by atoms with Crippen molar-refractivity contribution in [2.45, 2.75) is 13.3 Å². The number of aromatic nitrogens is 3. The van der Waals surface area contributed by atoms with Gasteiger partial charge in [0.25, 0.3) is 5.91 Å². The number of aromatic hydroxyl groups is 1. The van der Waals surface area contributed by atoms with E-state index in [2.05, 4.69) is 21.5 Å². The van der Waals surface area contributed by atoms with Crippen molar-refractivity contribution in [2.75, 3.05) is 11.9 Å². The number of nitrogens with zero attached hydrogens (tertiary/aromatic N) is 5. The Morgan fingerprint density at radius 3 is 2.71 bits per heavy atom. The van der Waals surface area contributed by atoms with E-state index in [4.69, 9.17) is 0 Å². The molecule has 8 heteroatoms.